The highest BCUT2D eigenvalue weighted by atomic mass is 16.6. The summed E-state index contributed by atoms with van der Waals surface area (Å²) in [6.45, 7) is 18.0. The minimum Gasteiger partial charge on any atom is -0.462 e. The van der Waals surface area contributed by atoms with E-state index in [0.717, 1.165) is 57.8 Å². The number of carbonyl (C=O) groups excluding carboxylic acids is 2. The van der Waals surface area contributed by atoms with E-state index in [2.05, 4.69) is 72.1 Å². The minimum atomic E-state index is -0.497. The van der Waals surface area contributed by atoms with E-state index < -0.39 is 6.10 Å². The zero-order valence-electron chi connectivity index (χ0n) is 27.6. The lowest BCUT2D eigenvalue weighted by molar-refractivity contribution is -0.167. The Morgan fingerprint density at radius 3 is 1.74 bits per heavy atom. The van der Waals surface area contributed by atoms with Crippen molar-refractivity contribution >= 4 is 11.9 Å². The van der Waals surface area contributed by atoms with Gasteiger partial charge >= 0.3 is 11.9 Å². The standard InChI is InChI=1S/C35H58N2O5/c1-32(2)17-27(18-33(3,4)36-32)41-30(38)25-12-11-22-15-24(10-9-23(22)16-25)26-13-14-29(40-21-26)31(39)42-28-19-34(5,6)37-35(7,8)20-28/h13,22-25,27-29,36-37H,9-12,14-21H2,1-8H3. The molecule has 7 nitrogen and oxygen atoms in total. The van der Waals surface area contributed by atoms with E-state index >= 15 is 0 Å². The molecule has 2 saturated carbocycles. The molecular formula is C35H58N2O5. The summed E-state index contributed by atoms with van der Waals surface area (Å²) in [5.74, 6) is 1.67. The van der Waals surface area contributed by atoms with Crippen molar-refractivity contribution in [1.82, 2.24) is 10.6 Å². The SMILES string of the molecule is CC1(C)CC(OC(=O)C2CCC3CC(C4=CCC(C(=O)OC5CC(C)(C)NC(C)(C)C5)OC4)CCC3C2)CC(C)(C)N1. The Kier molecular flexibility index (Phi) is 8.99. The van der Waals surface area contributed by atoms with Crippen LogP contribution in [0.1, 0.15) is 126 Å². The second-order valence-corrected chi connectivity index (χ2v) is 17.1. The van der Waals surface area contributed by atoms with Crippen molar-refractivity contribution in [2.75, 3.05) is 6.61 Å². The van der Waals surface area contributed by atoms with Gasteiger partial charge in [-0.2, -0.15) is 0 Å². The maximum Gasteiger partial charge on any atom is 0.335 e. The maximum atomic E-state index is 13.2. The van der Waals surface area contributed by atoms with Crippen LogP contribution < -0.4 is 10.6 Å². The van der Waals surface area contributed by atoms with Gasteiger partial charge in [-0.15, -0.1) is 0 Å². The summed E-state index contributed by atoms with van der Waals surface area (Å²) in [6, 6.07) is 0. The number of hydrogen-bond donors (Lipinski definition) is 2. The van der Waals surface area contributed by atoms with E-state index in [4.69, 9.17) is 14.2 Å². The molecule has 238 valence electrons. The van der Waals surface area contributed by atoms with Crippen LogP contribution in [0.5, 0.6) is 0 Å². The van der Waals surface area contributed by atoms with E-state index in [1.165, 1.54) is 12.0 Å². The molecule has 5 unspecified atom stereocenters. The van der Waals surface area contributed by atoms with Crippen LogP contribution >= 0.6 is 0 Å². The summed E-state index contributed by atoms with van der Waals surface area (Å²) in [5.41, 5.74) is 1.18. The number of rotatable bonds is 5. The van der Waals surface area contributed by atoms with Gasteiger partial charge in [0.2, 0.25) is 0 Å². The van der Waals surface area contributed by atoms with Gasteiger partial charge in [-0.25, -0.2) is 4.79 Å². The third kappa shape index (κ3) is 7.98. The lowest BCUT2D eigenvalue weighted by atomic mass is 9.63. The van der Waals surface area contributed by atoms with Crippen molar-refractivity contribution in [2.45, 2.75) is 166 Å². The van der Waals surface area contributed by atoms with Crippen molar-refractivity contribution in [3.05, 3.63) is 11.6 Å². The molecule has 0 bridgehead atoms. The number of esters is 2. The largest absolute Gasteiger partial charge is 0.462 e. The highest BCUT2D eigenvalue weighted by molar-refractivity contribution is 5.75. The van der Waals surface area contributed by atoms with Crippen molar-refractivity contribution in [3.8, 4) is 0 Å². The first-order valence-corrected chi connectivity index (χ1v) is 16.8. The number of hydrogen-bond acceptors (Lipinski definition) is 7. The second kappa shape index (κ2) is 11.8. The summed E-state index contributed by atoms with van der Waals surface area (Å²) in [6.07, 6.45) is 12.2. The van der Waals surface area contributed by atoms with Crippen molar-refractivity contribution in [3.63, 3.8) is 0 Å². The quantitative estimate of drug-likeness (QED) is 0.291. The van der Waals surface area contributed by atoms with Gasteiger partial charge in [0.15, 0.2) is 6.10 Å². The van der Waals surface area contributed by atoms with Crippen LogP contribution in [0.2, 0.25) is 0 Å². The first-order valence-electron chi connectivity index (χ1n) is 16.8. The summed E-state index contributed by atoms with van der Waals surface area (Å²) in [5, 5.41) is 7.33. The molecule has 0 aromatic heterocycles. The van der Waals surface area contributed by atoms with Crippen LogP contribution in [0.25, 0.3) is 0 Å². The van der Waals surface area contributed by atoms with E-state index in [9.17, 15) is 9.59 Å². The van der Waals surface area contributed by atoms with Crippen LogP contribution in [0, 0.1) is 23.7 Å². The van der Waals surface area contributed by atoms with Crippen LogP contribution in [0.15, 0.2) is 11.6 Å². The Labute approximate surface area is 254 Å². The molecule has 2 N–H and O–H groups in total. The first kappa shape index (κ1) is 32.0. The predicted octanol–water partition coefficient (Wildman–Crippen LogP) is 6.24. The third-order valence-electron chi connectivity index (χ3n) is 10.7. The van der Waals surface area contributed by atoms with Gasteiger partial charge in [0.05, 0.1) is 12.5 Å². The fourth-order valence-electron chi connectivity index (χ4n) is 9.60. The van der Waals surface area contributed by atoms with Crippen LogP contribution in [-0.4, -0.2) is 59.0 Å². The van der Waals surface area contributed by atoms with E-state index in [0.29, 0.717) is 30.8 Å². The summed E-state index contributed by atoms with van der Waals surface area (Å²) in [4.78, 5) is 26.2. The smallest absolute Gasteiger partial charge is 0.335 e. The molecule has 0 spiro atoms. The highest BCUT2D eigenvalue weighted by Crippen LogP contribution is 2.47. The lowest BCUT2D eigenvalue weighted by Crippen LogP contribution is -2.60. The van der Waals surface area contributed by atoms with Crippen LogP contribution in [0.3, 0.4) is 0 Å². The maximum absolute atomic E-state index is 13.2. The van der Waals surface area contributed by atoms with Crippen molar-refractivity contribution in [2.24, 2.45) is 23.7 Å². The van der Waals surface area contributed by atoms with Gasteiger partial charge in [-0.3, -0.25) is 4.79 Å². The molecule has 3 aliphatic heterocycles. The normalized spacial score (nSPS) is 36.3. The number of ether oxygens (including phenoxy) is 3. The molecule has 2 saturated heterocycles. The Hall–Kier alpha value is -1.44. The van der Waals surface area contributed by atoms with Gasteiger partial charge in [0.1, 0.15) is 12.2 Å². The predicted molar refractivity (Wildman–Crippen MR) is 165 cm³/mol. The zero-order chi connectivity index (χ0) is 30.5. The summed E-state index contributed by atoms with van der Waals surface area (Å²) in [7, 11) is 0. The fourth-order valence-corrected chi connectivity index (χ4v) is 9.60. The molecule has 0 radical (unpaired) electrons. The summed E-state index contributed by atoms with van der Waals surface area (Å²) >= 11 is 0. The van der Waals surface area contributed by atoms with Gasteiger partial charge in [0, 0.05) is 54.3 Å². The molecule has 42 heavy (non-hydrogen) atoms. The molecule has 0 amide bonds. The number of nitrogens with one attached hydrogen (secondary N) is 2. The third-order valence-corrected chi connectivity index (χ3v) is 10.7. The average molecular weight is 587 g/mol. The molecule has 7 heteroatoms. The Morgan fingerprint density at radius 2 is 1.21 bits per heavy atom. The molecule has 5 aliphatic rings. The van der Waals surface area contributed by atoms with Gasteiger partial charge in [-0.05, 0) is 117 Å². The topological polar surface area (TPSA) is 85.9 Å². The Bertz CT molecular complexity index is 1010. The highest BCUT2D eigenvalue weighted by Gasteiger charge is 2.44. The van der Waals surface area contributed by atoms with Crippen LogP contribution in [-0.2, 0) is 23.8 Å². The van der Waals surface area contributed by atoms with E-state index in [1.54, 1.807) is 0 Å². The number of piperidine rings is 2. The Morgan fingerprint density at radius 1 is 0.714 bits per heavy atom. The van der Waals surface area contributed by atoms with Crippen molar-refractivity contribution < 1.29 is 23.8 Å². The molecule has 0 aromatic rings. The number of fused-ring (bicyclic) bond motifs is 1. The van der Waals surface area contributed by atoms with Gasteiger partial charge < -0.3 is 24.8 Å². The number of carbonyl (C=O) groups is 2. The molecule has 3 heterocycles. The fraction of sp³-hybridized carbons (Fsp3) is 0.886. The monoisotopic (exact) mass is 586 g/mol. The van der Waals surface area contributed by atoms with Gasteiger partial charge in [0.25, 0.3) is 0 Å². The second-order valence-electron chi connectivity index (χ2n) is 17.1. The summed E-state index contributed by atoms with van der Waals surface area (Å²) < 4.78 is 18.2. The molecule has 0 aromatic carbocycles. The van der Waals surface area contributed by atoms with Crippen molar-refractivity contribution in [1.29, 1.82) is 0 Å². The molecule has 4 fully saturated rings. The van der Waals surface area contributed by atoms with E-state index in [-0.39, 0.29) is 52.2 Å². The molecule has 5 atom stereocenters. The average Bonchev–Trinajstić information content (AvgIpc) is 2.84. The lowest BCUT2D eigenvalue weighted by Gasteiger charge is -2.46. The van der Waals surface area contributed by atoms with E-state index in [1.807, 2.05) is 0 Å². The zero-order valence-corrected chi connectivity index (χ0v) is 27.6. The molecular weight excluding hydrogens is 528 g/mol. The minimum absolute atomic E-state index is 0.00471. The van der Waals surface area contributed by atoms with Crippen LogP contribution in [0.4, 0.5) is 0 Å². The molecule has 5 rings (SSSR count). The first-order chi connectivity index (χ1) is 19.5. The Balaban J connectivity index is 1.08. The molecule has 2 aliphatic carbocycles. The van der Waals surface area contributed by atoms with Gasteiger partial charge in [-0.1, -0.05) is 6.08 Å².